The van der Waals surface area contributed by atoms with Gasteiger partial charge in [-0.25, -0.2) is 4.98 Å². The Morgan fingerprint density at radius 1 is 1.21 bits per heavy atom. The van der Waals surface area contributed by atoms with Crippen molar-refractivity contribution in [3.63, 3.8) is 0 Å². The summed E-state index contributed by atoms with van der Waals surface area (Å²) in [7, 11) is 0. The molecule has 0 spiro atoms. The van der Waals surface area contributed by atoms with Crippen molar-refractivity contribution >= 4 is 11.7 Å². The van der Waals surface area contributed by atoms with Crippen molar-refractivity contribution < 1.29 is 15.0 Å². The lowest BCUT2D eigenvalue weighted by molar-refractivity contribution is 0.102. The summed E-state index contributed by atoms with van der Waals surface area (Å²) in [6, 6.07) is 7.03. The van der Waals surface area contributed by atoms with Crippen LogP contribution in [0.5, 0.6) is 11.5 Å². The quantitative estimate of drug-likeness (QED) is 0.662. The molecule has 1 amide bonds. The number of benzene rings is 1. The summed E-state index contributed by atoms with van der Waals surface area (Å²) >= 11 is 0. The van der Waals surface area contributed by atoms with E-state index in [-0.39, 0.29) is 17.1 Å². The van der Waals surface area contributed by atoms with E-state index in [1.807, 2.05) is 0 Å². The SMILES string of the molecule is NCc1ccc(NC(=O)c2cc(O)cc(O)c2)nc1. The Labute approximate surface area is 109 Å². The van der Waals surface area contributed by atoms with E-state index in [4.69, 9.17) is 5.73 Å². The fourth-order valence-corrected chi connectivity index (χ4v) is 1.53. The monoisotopic (exact) mass is 259 g/mol. The molecule has 2 rings (SSSR count). The molecule has 0 aliphatic heterocycles. The van der Waals surface area contributed by atoms with Crippen LogP contribution in [0.15, 0.2) is 36.5 Å². The first-order valence-corrected chi connectivity index (χ1v) is 5.58. The van der Waals surface area contributed by atoms with Gasteiger partial charge in [0.25, 0.3) is 5.91 Å². The normalized spacial score (nSPS) is 10.2. The topological polar surface area (TPSA) is 108 Å². The van der Waals surface area contributed by atoms with Crippen LogP contribution >= 0.6 is 0 Å². The number of pyridine rings is 1. The Kier molecular flexibility index (Phi) is 3.63. The highest BCUT2D eigenvalue weighted by Crippen LogP contribution is 2.21. The second-order valence-corrected chi connectivity index (χ2v) is 3.95. The molecule has 1 heterocycles. The minimum Gasteiger partial charge on any atom is -0.508 e. The number of nitrogens with zero attached hydrogens (tertiary/aromatic N) is 1. The maximum Gasteiger partial charge on any atom is 0.257 e. The fourth-order valence-electron chi connectivity index (χ4n) is 1.53. The van der Waals surface area contributed by atoms with Gasteiger partial charge in [0.15, 0.2) is 0 Å². The predicted molar refractivity (Wildman–Crippen MR) is 69.9 cm³/mol. The molecule has 1 aromatic carbocycles. The predicted octanol–water partition coefficient (Wildman–Crippen LogP) is 1.20. The van der Waals surface area contributed by atoms with Gasteiger partial charge in [0, 0.05) is 24.4 Å². The molecule has 98 valence electrons. The number of phenols is 2. The molecule has 0 fully saturated rings. The van der Waals surface area contributed by atoms with Crippen LogP contribution in [0, 0.1) is 0 Å². The molecule has 6 heteroatoms. The number of rotatable bonds is 3. The van der Waals surface area contributed by atoms with Gasteiger partial charge in [-0.3, -0.25) is 4.79 Å². The van der Waals surface area contributed by atoms with Crippen LogP contribution in [0.2, 0.25) is 0 Å². The number of anilines is 1. The summed E-state index contributed by atoms with van der Waals surface area (Å²) in [4.78, 5) is 15.9. The van der Waals surface area contributed by atoms with Crippen LogP contribution in [0.3, 0.4) is 0 Å². The first-order chi connectivity index (χ1) is 9.08. The number of hydrogen-bond acceptors (Lipinski definition) is 5. The number of nitrogens with one attached hydrogen (secondary N) is 1. The number of phenolic OH excluding ortho intramolecular Hbond substituents is 2. The average molecular weight is 259 g/mol. The molecule has 0 saturated carbocycles. The van der Waals surface area contributed by atoms with Crippen LogP contribution in [0.4, 0.5) is 5.82 Å². The molecule has 0 saturated heterocycles. The van der Waals surface area contributed by atoms with Crippen molar-refractivity contribution in [1.29, 1.82) is 0 Å². The molecule has 2 aromatic rings. The van der Waals surface area contributed by atoms with Crippen molar-refractivity contribution in [2.75, 3.05) is 5.32 Å². The highest BCUT2D eigenvalue weighted by Gasteiger charge is 2.09. The Balaban J connectivity index is 2.15. The van der Waals surface area contributed by atoms with Crippen LogP contribution in [0.1, 0.15) is 15.9 Å². The molecule has 0 aliphatic carbocycles. The number of carbonyl (C=O) groups is 1. The molecule has 19 heavy (non-hydrogen) atoms. The summed E-state index contributed by atoms with van der Waals surface area (Å²) in [5.74, 6) is -0.475. The van der Waals surface area contributed by atoms with Crippen molar-refractivity contribution in [3.8, 4) is 11.5 Å². The van der Waals surface area contributed by atoms with Crippen molar-refractivity contribution in [2.45, 2.75) is 6.54 Å². The third-order valence-electron chi connectivity index (χ3n) is 2.47. The molecule has 6 nitrogen and oxygen atoms in total. The van der Waals surface area contributed by atoms with Gasteiger partial charge in [0.2, 0.25) is 0 Å². The Morgan fingerprint density at radius 3 is 2.42 bits per heavy atom. The van der Waals surface area contributed by atoms with E-state index in [0.29, 0.717) is 12.4 Å². The van der Waals surface area contributed by atoms with Crippen molar-refractivity contribution in [2.24, 2.45) is 5.73 Å². The van der Waals surface area contributed by atoms with E-state index in [2.05, 4.69) is 10.3 Å². The summed E-state index contributed by atoms with van der Waals surface area (Å²) in [5, 5.41) is 21.2. The Bertz CT molecular complexity index is 576. The molecule has 1 aromatic heterocycles. The zero-order valence-electron chi connectivity index (χ0n) is 10.00. The van der Waals surface area contributed by atoms with E-state index in [1.54, 1.807) is 18.3 Å². The van der Waals surface area contributed by atoms with Gasteiger partial charge in [-0.15, -0.1) is 0 Å². The third-order valence-corrected chi connectivity index (χ3v) is 2.47. The lowest BCUT2D eigenvalue weighted by Crippen LogP contribution is -2.13. The van der Waals surface area contributed by atoms with Gasteiger partial charge in [-0.1, -0.05) is 6.07 Å². The Hall–Kier alpha value is -2.60. The fraction of sp³-hybridized carbons (Fsp3) is 0.0769. The molecule has 0 atom stereocenters. The van der Waals surface area contributed by atoms with Crippen LogP contribution in [0.25, 0.3) is 0 Å². The summed E-state index contributed by atoms with van der Waals surface area (Å²) in [6.45, 7) is 0.377. The maximum absolute atomic E-state index is 11.9. The molecule has 0 radical (unpaired) electrons. The molecular formula is C13H13N3O3. The minimum absolute atomic E-state index is 0.141. The summed E-state index contributed by atoms with van der Waals surface area (Å²) in [6.07, 6.45) is 1.57. The highest BCUT2D eigenvalue weighted by molar-refractivity contribution is 6.04. The standard InChI is InChI=1S/C13H13N3O3/c14-6-8-1-2-12(15-7-8)16-13(19)9-3-10(17)5-11(18)4-9/h1-5,7,17-18H,6,14H2,(H,15,16,19). The Morgan fingerprint density at radius 2 is 1.89 bits per heavy atom. The first-order valence-electron chi connectivity index (χ1n) is 5.58. The van der Waals surface area contributed by atoms with Gasteiger partial charge < -0.3 is 21.3 Å². The van der Waals surface area contributed by atoms with E-state index in [1.165, 1.54) is 12.1 Å². The molecule has 5 N–H and O–H groups in total. The maximum atomic E-state index is 11.9. The average Bonchev–Trinajstić information content (AvgIpc) is 2.38. The minimum atomic E-state index is -0.473. The van der Waals surface area contributed by atoms with Crippen LogP contribution < -0.4 is 11.1 Å². The molecule has 0 bridgehead atoms. The van der Waals surface area contributed by atoms with Crippen molar-refractivity contribution in [1.82, 2.24) is 4.98 Å². The number of nitrogens with two attached hydrogens (primary N) is 1. The number of aromatic hydroxyl groups is 2. The zero-order chi connectivity index (χ0) is 13.8. The van der Waals surface area contributed by atoms with E-state index < -0.39 is 5.91 Å². The van der Waals surface area contributed by atoms with Gasteiger partial charge in [0.05, 0.1) is 0 Å². The summed E-state index contributed by atoms with van der Waals surface area (Å²) in [5.41, 5.74) is 6.44. The summed E-state index contributed by atoms with van der Waals surface area (Å²) < 4.78 is 0. The molecule has 0 aliphatic rings. The molecular weight excluding hydrogens is 246 g/mol. The largest absolute Gasteiger partial charge is 0.508 e. The van der Waals surface area contributed by atoms with E-state index in [0.717, 1.165) is 11.6 Å². The van der Waals surface area contributed by atoms with Crippen LogP contribution in [-0.2, 0) is 6.54 Å². The van der Waals surface area contributed by atoms with E-state index >= 15 is 0 Å². The van der Waals surface area contributed by atoms with Gasteiger partial charge in [0.1, 0.15) is 17.3 Å². The number of hydrogen-bond donors (Lipinski definition) is 4. The number of aromatic nitrogens is 1. The van der Waals surface area contributed by atoms with Gasteiger partial charge in [-0.05, 0) is 23.8 Å². The lowest BCUT2D eigenvalue weighted by Gasteiger charge is -2.06. The first kappa shape index (κ1) is 12.8. The highest BCUT2D eigenvalue weighted by atomic mass is 16.3. The zero-order valence-corrected chi connectivity index (χ0v) is 10.00. The third kappa shape index (κ3) is 3.20. The second kappa shape index (κ2) is 5.36. The number of carbonyl (C=O) groups excluding carboxylic acids is 1. The number of amides is 1. The molecule has 0 unspecified atom stereocenters. The van der Waals surface area contributed by atoms with Gasteiger partial charge in [-0.2, -0.15) is 0 Å². The van der Waals surface area contributed by atoms with Crippen molar-refractivity contribution in [3.05, 3.63) is 47.7 Å². The lowest BCUT2D eigenvalue weighted by atomic mass is 10.2. The van der Waals surface area contributed by atoms with E-state index in [9.17, 15) is 15.0 Å². The van der Waals surface area contributed by atoms with Gasteiger partial charge >= 0.3 is 0 Å². The van der Waals surface area contributed by atoms with Crippen LogP contribution in [-0.4, -0.2) is 21.1 Å². The smallest absolute Gasteiger partial charge is 0.257 e. The second-order valence-electron chi connectivity index (χ2n) is 3.95.